The molecule has 0 bridgehead atoms. The van der Waals surface area contributed by atoms with Crippen LogP contribution in [0.25, 0.3) is 0 Å². The minimum Gasteiger partial charge on any atom is -0.489 e. The van der Waals surface area contributed by atoms with Gasteiger partial charge in [-0.2, -0.15) is 0 Å². The van der Waals surface area contributed by atoms with Crippen molar-refractivity contribution in [3.63, 3.8) is 0 Å². The molecular formula is C14H20BrNO2. The van der Waals surface area contributed by atoms with E-state index in [0.717, 1.165) is 28.9 Å². The third-order valence-electron chi connectivity index (χ3n) is 2.39. The van der Waals surface area contributed by atoms with Crippen molar-refractivity contribution < 1.29 is 9.47 Å². The van der Waals surface area contributed by atoms with Crippen LogP contribution in [0.5, 0.6) is 5.75 Å². The highest BCUT2D eigenvalue weighted by molar-refractivity contribution is 9.10. The summed E-state index contributed by atoms with van der Waals surface area (Å²) in [5, 5.41) is 3.32. The van der Waals surface area contributed by atoms with Gasteiger partial charge in [-0.3, -0.25) is 0 Å². The van der Waals surface area contributed by atoms with E-state index >= 15 is 0 Å². The quantitative estimate of drug-likeness (QED) is 0.591. The first-order valence-electron chi connectivity index (χ1n) is 6.00. The Morgan fingerprint density at radius 2 is 2.22 bits per heavy atom. The van der Waals surface area contributed by atoms with Crippen LogP contribution in [0.4, 0.5) is 0 Å². The Morgan fingerprint density at radius 1 is 1.39 bits per heavy atom. The summed E-state index contributed by atoms with van der Waals surface area (Å²) in [7, 11) is 1.70. The number of nitrogens with one attached hydrogen (secondary N) is 1. The van der Waals surface area contributed by atoms with E-state index in [4.69, 9.17) is 9.47 Å². The molecule has 1 rings (SSSR count). The molecule has 0 saturated carbocycles. The fraction of sp³-hybridized carbons (Fsp3) is 0.429. The number of rotatable bonds is 8. The van der Waals surface area contributed by atoms with Crippen molar-refractivity contribution in [1.29, 1.82) is 0 Å². The van der Waals surface area contributed by atoms with E-state index < -0.39 is 0 Å². The van der Waals surface area contributed by atoms with Crippen LogP contribution in [0.15, 0.2) is 34.8 Å². The largest absolute Gasteiger partial charge is 0.489 e. The van der Waals surface area contributed by atoms with Crippen LogP contribution >= 0.6 is 15.9 Å². The molecule has 0 saturated heterocycles. The highest BCUT2D eigenvalue weighted by atomic mass is 79.9. The number of hydrogen-bond acceptors (Lipinski definition) is 3. The predicted octanol–water partition coefficient (Wildman–Crippen LogP) is 3.14. The zero-order valence-corrected chi connectivity index (χ0v) is 12.5. The van der Waals surface area contributed by atoms with Gasteiger partial charge in [0, 0.05) is 30.2 Å². The van der Waals surface area contributed by atoms with Crippen molar-refractivity contribution in [3.8, 4) is 5.75 Å². The van der Waals surface area contributed by atoms with Crippen molar-refractivity contribution in [2.75, 3.05) is 26.9 Å². The van der Waals surface area contributed by atoms with Gasteiger partial charge in [-0.05, 0) is 25.1 Å². The van der Waals surface area contributed by atoms with Gasteiger partial charge in [0.2, 0.25) is 0 Å². The monoisotopic (exact) mass is 313 g/mol. The summed E-state index contributed by atoms with van der Waals surface area (Å²) in [4.78, 5) is 0. The van der Waals surface area contributed by atoms with Crippen molar-refractivity contribution >= 4 is 15.9 Å². The molecule has 0 aromatic heterocycles. The maximum atomic E-state index is 5.71. The van der Waals surface area contributed by atoms with E-state index in [-0.39, 0.29) is 0 Å². The second kappa shape index (κ2) is 9.14. The van der Waals surface area contributed by atoms with Gasteiger partial charge in [-0.15, -0.1) is 0 Å². The molecule has 0 aliphatic carbocycles. The SMILES string of the molecule is CC=CCOc1ccc(Br)cc1CNCCOC. The summed E-state index contributed by atoms with van der Waals surface area (Å²) in [5.41, 5.74) is 1.14. The first kappa shape index (κ1) is 15.2. The van der Waals surface area contributed by atoms with Crippen LogP contribution in [-0.4, -0.2) is 26.9 Å². The van der Waals surface area contributed by atoms with E-state index in [1.54, 1.807) is 7.11 Å². The lowest BCUT2D eigenvalue weighted by Gasteiger charge is -2.11. The highest BCUT2D eigenvalue weighted by Gasteiger charge is 2.03. The zero-order valence-electron chi connectivity index (χ0n) is 10.9. The topological polar surface area (TPSA) is 30.5 Å². The number of halogens is 1. The number of ether oxygens (including phenoxy) is 2. The molecule has 0 aliphatic heterocycles. The highest BCUT2D eigenvalue weighted by Crippen LogP contribution is 2.23. The lowest BCUT2D eigenvalue weighted by atomic mass is 10.2. The van der Waals surface area contributed by atoms with Crippen LogP contribution in [0, 0.1) is 0 Å². The molecule has 0 spiro atoms. The molecule has 100 valence electrons. The van der Waals surface area contributed by atoms with Crippen molar-refractivity contribution in [2.24, 2.45) is 0 Å². The second-order valence-electron chi connectivity index (χ2n) is 3.80. The average molecular weight is 314 g/mol. The van der Waals surface area contributed by atoms with Crippen molar-refractivity contribution in [1.82, 2.24) is 5.32 Å². The molecule has 1 aromatic carbocycles. The van der Waals surface area contributed by atoms with Gasteiger partial charge in [0.15, 0.2) is 0 Å². The van der Waals surface area contributed by atoms with Gasteiger partial charge in [0.1, 0.15) is 12.4 Å². The molecule has 18 heavy (non-hydrogen) atoms. The molecule has 4 heteroatoms. The second-order valence-corrected chi connectivity index (χ2v) is 4.72. The van der Waals surface area contributed by atoms with Crippen LogP contribution < -0.4 is 10.1 Å². The van der Waals surface area contributed by atoms with Gasteiger partial charge in [-0.25, -0.2) is 0 Å². The summed E-state index contributed by atoms with van der Waals surface area (Å²) in [6.45, 7) is 4.90. The Kier molecular flexibility index (Phi) is 7.73. The van der Waals surface area contributed by atoms with Crippen molar-refractivity contribution in [2.45, 2.75) is 13.5 Å². The maximum Gasteiger partial charge on any atom is 0.124 e. The van der Waals surface area contributed by atoms with Gasteiger partial charge in [-0.1, -0.05) is 28.1 Å². The minimum atomic E-state index is 0.600. The molecule has 0 amide bonds. The van der Waals surface area contributed by atoms with E-state index in [2.05, 4.69) is 27.3 Å². The van der Waals surface area contributed by atoms with Gasteiger partial charge in [0.25, 0.3) is 0 Å². The molecule has 0 radical (unpaired) electrons. The number of allylic oxidation sites excluding steroid dienone is 1. The Bertz CT molecular complexity index is 380. The molecule has 1 aromatic rings. The number of benzene rings is 1. The molecular weight excluding hydrogens is 294 g/mol. The Morgan fingerprint density at radius 3 is 2.94 bits per heavy atom. The molecule has 0 aliphatic rings. The lowest BCUT2D eigenvalue weighted by Crippen LogP contribution is -2.19. The smallest absolute Gasteiger partial charge is 0.124 e. The van der Waals surface area contributed by atoms with Crippen LogP contribution in [-0.2, 0) is 11.3 Å². The summed E-state index contributed by atoms with van der Waals surface area (Å²) in [6, 6.07) is 6.05. The summed E-state index contributed by atoms with van der Waals surface area (Å²) in [5.74, 6) is 0.918. The molecule has 1 N–H and O–H groups in total. The average Bonchev–Trinajstić information content (AvgIpc) is 2.37. The first-order valence-corrected chi connectivity index (χ1v) is 6.79. The summed E-state index contributed by atoms with van der Waals surface area (Å²) < 4.78 is 11.8. The molecule has 0 fully saturated rings. The Balaban J connectivity index is 2.58. The van der Waals surface area contributed by atoms with Crippen LogP contribution in [0.2, 0.25) is 0 Å². The fourth-order valence-electron chi connectivity index (χ4n) is 1.46. The Labute approximate surface area is 117 Å². The normalized spacial score (nSPS) is 11.1. The third-order valence-corrected chi connectivity index (χ3v) is 2.88. The lowest BCUT2D eigenvalue weighted by molar-refractivity contribution is 0.199. The minimum absolute atomic E-state index is 0.600. The molecule has 0 unspecified atom stereocenters. The van der Waals surface area contributed by atoms with Crippen molar-refractivity contribution in [3.05, 3.63) is 40.4 Å². The standard InChI is InChI=1S/C14H20BrNO2/c1-3-4-8-18-14-6-5-13(15)10-12(14)11-16-7-9-17-2/h3-6,10,16H,7-9,11H2,1-2H3. The van der Waals surface area contributed by atoms with Gasteiger partial charge in [0.05, 0.1) is 6.61 Å². The zero-order chi connectivity index (χ0) is 13.2. The summed E-state index contributed by atoms with van der Waals surface area (Å²) >= 11 is 3.48. The molecule has 0 heterocycles. The van der Waals surface area contributed by atoms with Gasteiger partial charge >= 0.3 is 0 Å². The number of hydrogen-bond donors (Lipinski definition) is 1. The predicted molar refractivity (Wildman–Crippen MR) is 78.0 cm³/mol. The van der Waals surface area contributed by atoms with E-state index in [1.807, 2.05) is 31.2 Å². The maximum absolute atomic E-state index is 5.71. The fourth-order valence-corrected chi connectivity index (χ4v) is 1.87. The summed E-state index contributed by atoms with van der Waals surface area (Å²) in [6.07, 6.45) is 3.97. The van der Waals surface area contributed by atoms with Crippen LogP contribution in [0.3, 0.4) is 0 Å². The molecule has 0 atom stereocenters. The van der Waals surface area contributed by atoms with E-state index in [1.165, 1.54) is 0 Å². The van der Waals surface area contributed by atoms with Crippen LogP contribution in [0.1, 0.15) is 12.5 Å². The number of methoxy groups -OCH3 is 1. The third kappa shape index (κ3) is 5.67. The van der Waals surface area contributed by atoms with E-state index in [0.29, 0.717) is 13.2 Å². The first-order chi connectivity index (χ1) is 8.77. The molecule has 3 nitrogen and oxygen atoms in total. The Hall–Kier alpha value is -0.840. The van der Waals surface area contributed by atoms with E-state index in [9.17, 15) is 0 Å². The van der Waals surface area contributed by atoms with Gasteiger partial charge < -0.3 is 14.8 Å².